The van der Waals surface area contributed by atoms with Gasteiger partial charge in [-0.05, 0) is 30.7 Å². The van der Waals surface area contributed by atoms with Crippen LogP contribution in [-0.4, -0.2) is 16.1 Å². The summed E-state index contributed by atoms with van der Waals surface area (Å²) in [5.74, 6) is 0.221. The van der Waals surface area contributed by atoms with Gasteiger partial charge in [0.15, 0.2) is 5.82 Å². The largest absolute Gasteiger partial charge is 0.306 e. The minimum Gasteiger partial charge on any atom is -0.306 e. The van der Waals surface area contributed by atoms with Gasteiger partial charge in [-0.1, -0.05) is 29.3 Å². The Morgan fingerprint density at radius 2 is 2.11 bits per heavy atom. The lowest BCUT2D eigenvalue weighted by atomic mass is 10.2. The van der Waals surface area contributed by atoms with Gasteiger partial charge in [0.05, 0.1) is 10.0 Å². The monoisotopic (exact) mass is 295 g/mol. The maximum atomic E-state index is 11.6. The molecule has 0 spiro atoms. The lowest BCUT2D eigenvalue weighted by Gasteiger charge is -1.98. The Balaban J connectivity index is 2.01. The van der Waals surface area contributed by atoms with E-state index in [1.54, 1.807) is 30.3 Å². The number of nitrogens with zero attached hydrogens (tertiary/aromatic N) is 1. The van der Waals surface area contributed by atoms with Crippen molar-refractivity contribution in [3.8, 4) is 0 Å². The lowest BCUT2D eigenvalue weighted by Crippen LogP contribution is -2.07. The summed E-state index contributed by atoms with van der Waals surface area (Å²) >= 11 is 11.7. The van der Waals surface area contributed by atoms with E-state index in [4.69, 9.17) is 23.2 Å². The predicted octanol–water partition coefficient (Wildman–Crippen LogP) is 3.68. The molecular formula is C13H11Cl2N3O. The molecule has 0 aliphatic carbocycles. The summed E-state index contributed by atoms with van der Waals surface area (Å²) < 4.78 is 0. The molecule has 1 aromatic heterocycles. The SMILES string of the molecule is Cc1cc(NC(=O)C=Cc2ccc(Cl)c(Cl)c2)n[nH]1. The summed E-state index contributed by atoms with van der Waals surface area (Å²) in [5.41, 5.74) is 1.67. The summed E-state index contributed by atoms with van der Waals surface area (Å²) in [7, 11) is 0. The fraction of sp³-hybridized carbons (Fsp3) is 0.0769. The smallest absolute Gasteiger partial charge is 0.249 e. The second kappa shape index (κ2) is 5.91. The van der Waals surface area contributed by atoms with Crippen LogP contribution in [0, 0.1) is 6.92 Å². The van der Waals surface area contributed by atoms with Crippen LogP contribution in [0.25, 0.3) is 6.08 Å². The van der Waals surface area contributed by atoms with Crippen molar-refractivity contribution in [1.82, 2.24) is 10.2 Å². The first-order chi connectivity index (χ1) is 9.04. The van der Waals surface area contributed by atoms with Gasteiger partial charge in [0.2, 0.25) is 5.91 Å². The number of rotatable bonds is 3. The number of halogens is 2. The van der Waals surface area contributed by atoms with E-state index in [1.807, 2.05) is 6.92 Å². The number of amides is 1. The van der Waals surface area contributed by atoms with Crippen LogP contribution in [-0.2, 0) is 4.79 Å². The second-order valence-corrected chi connectivity index (χ2v) is 4.75. The first-order valence-electron chi connectivity index (χ1n) is 5.51. The third kappa shape index (κ3) is 3.84. The number of anilines is 1. The van der Waals surface area contributed by atoms with Gasteiger partial charge < -0.3 is 5.32 Å². The van der Waals surface area contributed by atoms with Gasteiger partial charge in [-0.3, -0.25) is 9.89 Å². The zero-order valence-electron chi connectivity index (χ0n) is 10.1. The third-order valence-electron chi connectivity index (χ3n) is 2.33. The van der Waals surface area contributed by atoms with E-state index >= 15 is 0 Å². The molecule has 0 bridgehead atoms. The molecule has 0 saturated carbocycles. The maximum absolute atomic E-state index is 11.6. The number of carbonyl (C=O) groups excluding carboxylic acids is 1. The molecule has 2 aromatic rings. The molecule has 0 saturated heterocycles. The van der Waals surface area contributed by atoms with Gasteiger partial charge in [-0.15, -0.1) is 0 Å². The van der Waals surface area contributed by atoms with Crippen molar-refractivity contribution in [2.24, 2.45) is 0 Å². The Hall–Kier alpha value is -1.78. The number of aromatic amines is 1. The molecule has 1 amide bonds. The molecule has 0 aliphatic heterocycles. The van der Waals surface area contributed by atoms with Gasteiger partial charge in [0.25, 0.3) is 0 Å². The van der Waals surface area contributed by atoms with E-state index in [-0.39, 0.29) is 5.91 Å². The molecular weight excluding hydrogens is 285 g/mol. The Kier molecular flexibility index (Phi) is 4.24. The van der Waals surface area contributed by atoms with E-state index in [0.717, 1.165) is 11.3 Å². The predicted molar refractivity (Wildman–Crippen MR) is 77.5 cm³/mol. The molecule has 2 rings (SSSR count). The number of hydrogen-bond acceptors (Lipinski definition) is 2. The molecule has 0 fully saturated rings. The topological polar surface area (TPSA) is 57.8 Å². The van der Waals surface area contributed by atoms with E-state index in [0.29, 0.717) is 15.9 Å². The fourth-order valence-corrected chi connectivity index (χ4v) is 1.74. The highest BCUT2D eigenvalue weighted by atomic mass is 35.5. The number of carbonyl (C=O) groups is 1. The molecule has 0 unspecified atom stereocenters. The minimum absolute atomic E-state index is 0.266. The van der Waals surface area contributed by atoms with Crippen LogP contribution in [0.1, 0.15) is 11.3 Å². The normalized spacial score (nSPS) is 10.9. The van der Waals surface area contributed by atoms with Crippen LogP contribution in [0.4, 0.5) is 5.82 Å². The fourth-order valence-electron chi connectivity index (χ4n) is 1.44. The maximum Gasteiger partial charge on any atom is 0.249 e. The Morgan fingerprint density at radius 3 is 2.74 bits per heavy atom. The zero-order valence-corrected chi connectivity index (χ0v) is 11.6. The van der Waals surface area contributed by atoms with Crippen molar-refractivity contribution >= 4 is 41.0 Å². The van der Waals surface area contributed by atoms with E-state index in [2.05, 4.69) is 15.5 Å². The molecule has 4 nitrogen and oxygen atoms in total. The number of aromatic nitrogens is 2. The summed E-state index contributed by atoms with van der Waals surface area (Å²) in [5, 5.41) is 10.2. The highest BCUT2D eigenvalue weighted by Crippen LogP contribution is 2.23. The minimum atomic E-state index is -0.266. The average molecular weight is 296 g/mol. The number of benzene rings is 1. The molecule has 2 N–H and O–H groups in total. The van der Waals surface area contributed by atoms with E-state index < -0.39 is 0 Å². The quantitative estimate of drug-likeness (QED) is 0.849. The summed E-state index contributed by atoms with van der Waals surface area (Å²) in [6.45, 7) is 1.86. The molecule has 19 heavy (non-hydrogen) atoms. The van der Waals surface area contributed by atoms with Gasteiger partial charge in [-0.25, -0.2) is 0 Å². The molecule has 0 aliphatic rings. The second-order valence-electron chi connectivity index (χ2n) is 3.93. The van der Waals surface area contributed by atoms with Crippen molar-refractivity contribution < 1.29 is 4.79 Å². The number of H-pyrrole nitrogens is 1. The molecule has 98 valence electrons. The van der Waals surface area contributed by atoms with Crippen LogP contribution in [0.5, 0.6) is 0 Å². The lowest BCUT2D eigenvalue weighted by molar-refractivity contribution is -0.111. The summed E-state index contributed by atoms with van der Waals surface area (Å²) in [6, 6.07) is 6.88. The number of hydrogen-bond donors (Lipinski definition) is 2. The van der Waals surface area contributed by atoms with E-state index in [1.165, 1.54) is 6.08 Å². The number of nitrogens with one attached hydrogen (secondary N) is 2. The summed E-state index contributed by atoms with van der Waals surface area (Å²) in [4.78, 5) is 11.6. The first kappa shape index (κ1) is 13.6. The Morgan fingerprint density at radius 1 is 1.32 bits per heavy atom. The molecule has 1 heterocycles. The van der Waals surface area contributed by atoms with Crippen molar-refractivity contribution in [2.45, 2.75) is 6.92 Å². The van der Waals surface area contributed by atoms with Crippen molar-refractivity contribution in [3.63, 3.8) is 0 Å². The highest BCUT2D eigenvalue weighted by molar-refractivity contribution is 6.42. The molecule has 6 heteroatoms. The zero-order chi connectivity index (χ0) is 13.8. The first-order valence-corrected chi connectivity index (χ1v) is 6.26. The number of aryl methyl sites for hydroxylation is 1. The van der Waals surface area contributed by atoms with Crippen LogP contribution in [0.15, 0.2) is 30.3 Å². The van der Waals surface area contributed by atoms with Crippen molar-refractivity contribution in [1.29, 1.82) is 0 Å². The standard InChI is InChI=1S/C13H11Cl2N3O/c1-8-6-12(18-17-8)16-13(19)5-3-9-2-4-10(14)11(15)7-9/h2-7H,1H3,(H2,16,17,18,19). The summed E-state index contributed by atoms with van der Waals surface area (Å²) in [6.07, 6.45) is 3.06. The van der Waals surface area contributed by atoms with Crippen molar-refractivity contribution in [3.05, 3.63) is 51.6 Å². The molecule has 1 aromatic carbocycles. The van der Waals surface area contributed by atoms with E-state index in [9.17, 15) is 4.79 Å². The highest BCUT2D eigenvalue weighted by Gasteiger charge is 2.01. The van der Waals surface area contributed by atoms with Crippen LogP contribution in [0.2, 0.25) is 10.0 Å². The Labute approximate surface area is 120 Å². The van der Waals surface area contributed by atoms with Crippen molar-refractivity contribution in [2.75, 3.05) is 5.32 Å². The average Bonchev–Trinajstić information content (AvgIpc) is 2.76. The van der Waals surface area contributed by atoms with Crippen LogP contribution in [0.3, 0.4) is 0 Å². The third-order valence-corrected chi connectivity index (χ3v) is 3.07. The van der Waals surface area contributed by atoms with Crippen LogP contribution >= 0.6 is 23.2 Å². The van der Waals surface area contributed by atoms with Crippen LogP contribution < -0.4 is 5.32 Å². The van der Waals surface area contributed by atoms with Gasteiger partial charge in [0.1, 0.15) is 0 Å². The van der Waals surface area contributed by atoms with Gasteiger partial charge >= 0.3 is 0 Å². The molecule has 0 atom stereocenters. The van der Waals surface area contributed by atoms with Gasteiger partial charge in [-0.2, -0.15) is 5.10 Å². The molecule has 0 radical (unpaired) electrons. The Bertz CT molecular complexity index is 635. The van der Waals surface area contributed by atoms with Gasteiger partial charge in [0, 0.05) is 17.8 Å².